The second kappa shape index (κ2) is 1.57. The maximum absolute atomic E-state index is 9.53. The van der Waals surface area contributed by atoms with Crippen molar-refractivity contribution < 1.29 is 18.4 Å². The van der Waals surface area contributed by atoms with Gasteiger partial charge in [0.25, 0.3) is 0 Å². The van der Waals surface area contributed by atoms with Crippen molar-refractivity contribution in [3.8, 4) is 0 Å². The predicted octanol–water partition coefficient (Wildman–Crippen LogP) is -0.420. The van der Waals surface area contributed by atoms with E-state index in [4.69, 9.17) is 9.81 Å². The molecule has 1 atom stereocenters. The summed E-state index contributed by atoms with van der Waals surface area (Å²) >= 11 is 0. The molecule has 4 nitrogen and oxygen atoms in total. The largest absolute Gasteiger partial charge is 0.292 e. The van der Waals surface area contributed by atoms with Gasteiger partial charge >= 0.3 is 0 Å². The van der Waals surface area contributed by atoms with Gasteiger partial charge in [0, 0.05) is 5.87 Å². The van der Waals surface area contributed by atoms with Crippen LogP contribution in [0.2, 0.25) is 0 Å². The van der Waals surface area contributed by atoms with Gasteiger partial charge in [0.1, 0.15) is 0 Å². The average molecular weight is 112 g/mol. The Labute approximate surface area is 35.3 Å². The molecule has 0 aromatic carbocycles. The van der Waals surface area contributed by atoms with Crippen molar-refractivity contribution in [2.24, 2.45) is 0 Å². The molecular formula is CH4O4S. The minimum atomic E-state index is -3.61. The molecule has 0 heterocycles. The summed E-state index contributed by atoms with van der Waals surface area (Å²) in [6, 6.07) is 0. The summed E-state index contributed by atoms with van der Waals surface area (Å²) in [5.74, 6) is 2.50. The molecule has 0 aromatic rings. The van der Waals surface area contributed by atoms with E-state index in [-0.39, 0.29) is 0 Å². The summed E-state index contributed by atoms with van der Waals surface area (Å²) in [5, 5.41) is 7.31. The van der Waals surface area contributed by atoms with Gasteiger partial charge in [-0.05, 0) is 0 Å². The topological polar surface area (TPSA) is 66.8 Å². The number of hydrogen-bond acceptors (Lipinski definition) is 3. The van der Waals surface area contributed by atoms with Gasteiger partial charge in [0.15, 0.2) is 0 Å². The Morgan fingerprint density at radius 2 is 2.00 bits per heavy atom. The smallest absolute Gasteiger partial charge is 0.223 e. The highest BCUT2D eigenvalue weighted by Gasteiger charge is 1.86. The van der Waals surface area contributed by atoms with Crippen LogP contribution in [0.1, 0.15) is 0 Å². The molecular weight excluding hydrogens is 108 g/mol. The third-order valence-electron chi connectivity index (χ3n) is 0.116. The van der Waals surface area contributed by atoms with Gasteiger partial charge in [-0.2, -0.15) is 0 Å². The van der Waals surface area contributed by atoms with Crippen LogP contribution >= 0.6 is 0 Å². The molecule has 0 saturated heterocycles. The van der Waals surface area contributed by atoms with Crippen molar-refractivity contribution in [3.05, 3.63) is 0 Å². The van der Waals surface area contributed by atoms with Gasteiger partial charge in [-0.1, -0.05) is 0 Å². The van der Waals surface area contributed by atoms with E-state index < -0.39 is 10.1 Å². The summed E-state index contributed by atoms with van der Waals surface area (Å²) in [6.45, 7) is 0. The minimum Gasteiger partial charge on any atom is -0.292 e. The van der Waals surface area contributed by atoms with E-state index in [0.717, 1.165) is 0 Å². The zero-order valence-corrected chi connectivity index (χ0v) is 3.64. The van der Waals surface area contributed by atoms with Gasteiger partial charge in [0.05, 0.1) is 0 Å². The van der Waals surface area contributed by atoms with Crippen molar-refractivity contribution in [1.29, 1.82) is 0 Å². The molecule has 0 saturated carbocycles. The van der Waals surface area contributed by atoms with Gasteiger partial charge in [-0.25, -0.2) is 9.47 Å². The Balaban J connectivity index is 3.85. The van der Waals surface area contributed by atoms with E-state index in [1.807, 2.05) is 0 Å². The first-order valence-electron chi connectivity index (χ1n) is 0.987. The number of hydrogen-bond donors (Lipinski definition) is 2. The van der Waals surface area contributed by atoms with Crippen LogP contribution in [0.4, 0.5) is 0 Å². The van der Waals surface area contributed by atoms with Crippen LogP contribution in [-0.2, 0) is 14.4 Å². The Kier molecular flexibility index (Phi) is 1.54. The van der Waals surface area contributed by atoms with E-state index in [1.165, 1.54) is 0 Å². The van der Waals surface area contributed by atoms with Crippen LogP contribution in [0.15, 0.2) is 0 Å². The molecule has 0 radical (unpaired) electrons. The molecule has 0 rings (SSSR count). The van der Waals surface area contributed by atoms with Crippen molar-refractivity contribution in [1.82, 2.24) is 0 Å². The van der Waals surface area contributed by atoms with E-state index in [1.54, 1.807) is 0 Å². The van der Waals surface area contributed by atoms with Crippen molar-refractivity contribution in [3.63, 3.8) is 0 Å². The minimum absolute atomic E-state index is 2.50. The molecule has 0 aliphatic carbocycles. The van der Waals surface area contributed by atoms with Gasteiger partial charge in [-0.3, -0.25) is 4.55 Å². The molecule has 6 heavy (non-hydrogen) atoms. The fourth-order valence-corrected chi connectivity index (χ4v) is 0. The first-order valence-corrected chi connectivity index (χ1v) is 2.60. The molecule has 0 fully saturated rings. The lowest BCUT2D eigenvalue weighted by atomic mass is 12.0. The van der Waals surface area contributed by atoms with Crippen molar-refractivity contribution in [2.75, 3.05) is 0 Å². The molecule has 0 aromatic heterocycles. The Morgan fingerprint density at radius 1 is 1.83 bits per heavy atom. The van der Waals surface area contributed by atoms with Crippen LogP contribution in [0, 0.1) is 0 Å². The molecule has 38 valence electrons. The normalized spacial score (nSPS) is 19.7. The van der Waals surface area contributed by atoms with E-state index in [0.29, 0.717) is 0 Å². The van der Waals surface area contributed by atoms with Crippen molar-refractivity contribution >= 4 is 16.0 Å². The summed E-state index contributed by atoms with van der Waals surface area (Å²) < 4.78 is 20.2. The van der Waals surface area contributed by atoms with Gasteiger partial charge < -0.3 is 0 Å². The molecule has 0 amide bonds. The fourth-order valence-electron chi connectivity index (χ4n) is 0. The first-order chi connectivity index (χ1) is 2.56. The second-order valence-corrected chi connectivity index (χ2v) is 1.97. The Hall–Kier alpha value is -0.100. The molecule has 0 aliphatic rings. The summed E-state index contributed by atoms with van der Waals surface area (Å²) in [7, 11) is -3.61. The number of rotatable bonds is 1. The highest BCUT2D eigenvalue weighted by Crippen LogP contribution is 1.74. The Morgan fingerprint density at radius 3 is 2.00 bits per heavy atom. The highest BCUT2D eigenvalue weighted by atomic mass is 32.2. The van der Waals surface area contributed by atoms with Crippen LogP contribution in [0.3, 0.4) is 0 Å². The molecule has 0 aliphatic heterocycles. The molecule has 0 bridgehead atoms. The first kappa shape index (κ1) is 5.90. The Bertz CT molecular complexity index is 110. The van der Waals surface area contributed by atoms with Gasteiger partial charge in [0.2, 0.25) is 10.1 Å². The maximum atomic E-state index is 9.53. The monoisotopic (exact) mass is 112 g/mol. The lowest BCUT2D eigenvalue weighted by Crippen LogP contribution is -1.97. The lowest BCUT2D eigenvalue weighted by Gasteiger charge is -1.86. The van der Waals surface area contributed by atoms with Crippen LogP contribution < -0.4 is 0 Å². The van der Waals surface area contributed by atoms with Crippen molar-refractivity contribution in [2.45, 2.75) is 0 Å². The average Bonchev–Trinajstić information content (AvgIpc) is 1.35. The highest BCUT2D eigenvalue weighted by molar-refractivity contribution is 7.90. The summed E-state index contributed by atoms with van der Waals surface area (Å²) in [6.07, 6.45) is 0. The fraction of sp³-hybridized carbons (Fsp3) is 0. The lowest BCUT2D eigenvalue weighted by molar-refractivity contribution is -0.133. The maximum Gasteiger partial charge on any atom is 0.223 e. The van der Waals surface area contributed by atoms with Crippen LogP contribution in [0.5, 0.6) is 0 Å². The summed E-state index contributed by atoms with van der Waals surface area (Å²) in [4.78, 5) is 0. The standard InChI is InChI=1S/CH4O4S/c1-6(3,4)5-2/h2H,1H2,(H,3,4). The zero-order chi connectivity index (χ0) is 5.21. The zero-order valence-electron chi connectivity index (χ0n) is 2.83. The quantitative estimate of drug-likeness (QED) is 0.274. The van der Waals surface area contributed by atoms with E-state index >= 15 is 0 Å². The summed E-state index contributed by atoms with van der Waals surface area (Å²) in [5.41, 5.74) is 0. The molecule has 1 unspecified atom stereocenters. The molecule has 2 N–H and O–H groups in total. The van der Waals surface area contributed by atoms with E-state index in [9.17, 15) is 4.21 Å². The second-order valence-electron chi connectivity index (χ2n) is 0.656. The third kappa shape index (κ3) is 3.90. The SMILES string of the molecule is C=S(=O)(O)OO. The molecule has 5 heteroatoms. The van der Waals surface area contributed by atoms with Gasteiger partial charge in [-0.15, -0.1) is 4.33 Å². The predicted molar refractivity (Wildman–Crippen MR) is 21.6 cm³/mol. The van der Waals surface area contributed by atoms with E-state index in [2.05, 4.69) is 10.2 Å². The van der Waals surface area contributed by atoms with Crippen LogP contribution in [0.25, 0.3) is 0 Å². The van der Waals surface area contributed by atoms with Crippen LogP contribution in [-0.4, -0.2) is 19.9 Å². The molecule has 0 spiro atoms. The third-order valence-corrected chi connectivity index (χ3v) is 0.349.